The van der Waals surface area contributed by atoms with Crippen LogP contribution in [0.5, 0.6) is 0 Å². The van der Waals surface area contributed by atoms with Gasteiger partial charge in [-0.3, -0.25) is 4.79 Å². The van der Waals surface area contributed by atoms with E-state index < -0.39 is 0 Å². The summed E-state index contributed by atoms with van der Waals surface area (Å²) in [5.41, 5.74) is -0.368. The first-order chi connectivity index (χ1) is 8.40. The Kier molecular flexibility index (Phi) is 6.50. The van der Waals surface area contributed by atoms with Crippen LogP contribution in [0, 0.1) is 0 Å². The standard InChI is InChI=1S/C14H27NO2S/c1-5-18-12-7-6-11(10-12)15-9-8-13(16)17-14(2,3)4/h11-12,15H,5-10H2,1-4H3. The van der Waals surface area contributed by atoms with Crippen molar-refractivity contribution in [1.29, 1.82) is 0 Å². The van der Waals surface area contributed by atoms with Crippen LogP contribution in [0.3, 0.4) is 0 Å². The maximum absolute atomic E-state index is 11.5. The number of esters is 1. The van der Waals surface area contributed by atoms with Gasteiger partial charge in [0.1, 0.15) is 5.60 Å². The summed E-state index contributed by atoms with van der Waals surface area (Å²) >= 11 is 2.06. The van der Waals surface area contributed by atoms with E-state index in [0.29, 0.717) is 12.5 Å². The van der Waals surface area contributed by atoms with Crippen LogP contribution in [0.4, 0.5) is 0 Å². The summed E-state index contributed by atoms with van der Waals surface area (Å²) in [6, 6.07) is 0.594. The summed E-state index contributed by atoms with van der Waals surface area (Å²) < 4.78 is 5.28. The van der Waals surface area contributed by atoms with Crippen molar-refractivity contribution in [3.8, 4) is 0 Å². The lowest BCUT2D eigenvalue weighted by Gasteiger charge is -2.20. The van der Waals surface area contributed by atoms with E-state index in [1.54, 1.807) is 0 Å². The Morgan fingerprint density at radius 2 is 2.11 bits per heavy atom. The third kappa shape index (κ3) is 6.64. The first-order valence-corrected chi connectivity index (χ1v) is 8.02. The van der Waals surface area contributed by atoms with E-state index in [2.05, 4.69) is 24.0 Å². The van der Waals surface area contributed by atoms with Crippen molar-refractivity contribution in [2.24, 2.45) is 0 Å². The first-order valence-electron chi connectivity index (χ1n) is 6.97. The number of carbonyl (C=O) groups excluding carboxylic acids is 1. The highest BCUT2D eigenvalue weighted by atomic mass is 32.2. The van der Waals surface area contributed by atoms with E-state index in [0.717, 1.165) is 11.8 Å². The van der Waals surface area contributed by atoms with Crippen molar-refractivity contribution in [2.45, 2.75) is 70.3 Å². The molecule has 0 amide bonds. The van der Waals surface area contributed by atoms with E-state index in [9.17, 15) is 4.79 Å². The van der Waals surface area contributed by atoms with Crippen molar-refractivity contribution in [1.82, 2.24) is 5.32 Å². The van der Waals surface area contributed by atoms with Gasteiger partial charge in [-0.05, 0) is 45.8 Å². The third-order valence-corrected chi connectivity index (χ3v) is 4.20. The Labute approximate surface area is 115 Å². The second kappa shape index (κ2) is 7.39. The SMILES string of the molecule is CCSC1CCC(NCCC(=O)OC(C)(C)C)C1. The predicted molar refractivity (Wildman–Crippen MR) is 78.0 cm³/mol. The molecular weight excluding hydrogens is 246 g/mol. The van der Waals surface area contributed by atoms with Gasteiger partial charge in [-0.2, -0.15) is 11.8 Å². The average molecular weight is 273 g/mol. The minimum Gasteiger partial charge on any atom is -0.460 e. The Morgan fingerprint density at radius 3 is 2.72 bits per heavy atom. The van der Waals surface area contributed by atoms with Gasteiger partial charge in [-0.15, -0.1) is 0 Å². The number of carbonyl (C=O) groups is 1. The summed E-state index contributed by atoms with van der Waals surface area (Å²) in [4.78, 5) is 11.5. The highest BCUT2D eigenvalue weighted by molar-refractivity contribution is 7.99. The molecule has 1 N–H and O–H groups in total. The van der Waals surface area contributed by atoms with Crippen molar-refractivity contribution >= 4 is 17.7 Å². The molecule has 1 saturated carbocycles. The third-order valence-electron chi connectivity index (χ3n) is 2.97. The zero-order chi connectivity index (χ0) is 13.6. The highest BCUT2D eigenvalue weighted by Crippen LogP contribution is 2.29. The van der Waals surface area contributed by atoms with E-state index in [4.69, 9.17) is 4.74 Å². The fraction of sp³-hybridized carbons (Fsp3) is 0.929. The normalized spacial score (nSPS) is 24.2. The van der Waals surface area contributed by atoms with Gasteiger partial charge >= 0.3 is 5.97 Å². The van der Waals surface area contributed by atoms with Crippen LogP contribution in [-0.4, -0.2) is 35.2 Å². The number of rotatable bonds is 6. The van der Waals surface area contributed by atoms with E-state index in [1.807, 2.05) is 20.8 Å². The topological polar surface area (TPSA) is 38.3 Å². The van der Waals surface area contributed by atoms with Crippen LogP contribution in [0.25, 0.3) is 0 Å². The monoisotopic (exact) mass is 273 g/mol. The predicted octanol–water partition coefficient (Wildman–Crippen LogP) is 2.98. The van der Waals surface area contributed by atoms with Crippen LogP contribution in [0.15, 0.2) is 0 Å². The Balaban J connectivity index is 2.10. The molecule has 2 atom stereocenters. The van der Waals surface area contributed by atoms with Gasteiger partial charge in [0.25, 0.3) is 0 Å². The maximum atomic E-state index is 11.5. The zero-order valence-electron chi connectivity index (χ0n) is 12.1. The molecule has 2 unspecified atom stereocenters. The summed E-state index contributed by atoms with van der Waals surface area (Å²) in [6.45, 7) is 8.67. The Bertz CT molecular complexity index is 263. The minimum atomic E-state index is -0.368. The van der Waals surface area contributed by atoms with Gasteiger partial charge in [-0.1, -0.05) is 6.92 Å². The fourth-order valence-electron chi connectivity index (χ4n) is 2.28. The molecular formula is C14H27NO2S. The molecule has 1 rings (SSSR count). The lowest BCUT2D eigenvalue weighted by Crippen LogP contribution is -2.31. The van der Waals surface area contributed by atoms with Gasteiger partial charge in [-0.25, -0.2) is 0 Å². The number of hydrogen-bond donors (Lipinski definition) is 1. The molecule has 1 fully saturated rings. The lowest BCUT2D eigenvalue weighted by molar-refractivity contribution is -0.154. The Hall–Kier alpha value is -0.220. The quantitative estimate of drug-likeness (QED) is 0.755. The lowest BCUT2D eigenvalue weighted by atomic mass is 10.2. The van der Waals surface area contributed by atoms with Gasteiger partial charge in [0.05, 0.1) is 6.42 Å². The fourth-order valence-corrected chi connectivity index (χ4v) is 3.43. The van der Waals surface area contributed by atoms with Gasteiger partial charge in [0.15, 0.2) is 0 Å². The van der Waals surface area contributed by atoms with E-state index >= 15 is 0 Å². The number of ether oxygens (including phenoxy) is 1. The van der Waals surface area contributed by atoms with Gasteiger partial charge < -0.3 is 10.1 Å². The summed E-state index contributed by atoms with van der Waals surface area (Å²) in [7, 11) is 0. The second-order valence-electron chi connectivity index (χ2n) is 5.88. The molecule has 18 heavy (non-hydrogen) atoms. The first kappa shape index (κ1) is 15.8. The van der Waals surface area contributed by atoms with Crippen molar-refractivity contribution in [3.63, 3.8) is 0 Å². The average Bonchev–Trinajstić information content (AvgIpc) is 2.63. The summed E-state index contributed by atoms with van der Waals surface area (Å²) in [5.74, 6) is 1.10. The maximum Gasteiger partial charge on any atom is 0.307 e. The van der Waals surface area contributed by atoms with Crippen LogP contribution in [-0.2, 0) is 9.53 Å². The molecule has 106 valence electrons. The molecule has 0 aromatic carbocycles. The highest BCUT2D eigenvalue weighted by Gasteiger charge is 2.24. The molecule has 0 heterocycles. The molecule has 0 radical (unpaired) electrons. The molecule has 0 bridgehead atoms. The van der Waals surface area contributed by atoms with Gasteiger partial charge in [0.2, 0.25) is 0 Å². The second-order valence-corrected chi connectivity index (χ2v) is 7.46. The smallest absolute Gasteiger partial charge is 0.307 e. The molecule has 0 saturated heterocycles. The van der Waals surface area contributed by atoms with Crippen LogP contribution in [0.2, 0.25) is 0 Å². The van der Waals surface area contributed by atoms with Crippen molar-refractivity contribution < 1.29 is 9.53 Å². The molecule has 4 heteroatoms. The van der Waals surface area contributed by atoms with Crippen LogP contribution < -0.4 is 5.32 Å². The number of hydrogen-bond acceptors (Lipinski definition) is 4. The summed E-state index contributed by atoms with van der Waals surface area (Å²) in [5, 5.41) is 4.29. The zero-order valence-corrected chi connectivity index (χ0v) is 12.9. The van der Waals surface area contributed by atoms with Crippen LogP contribution >= 0.6 is 11.8 Å². The van der Waals surface area contributed by atoms with Crippen LogP contribution in [0.1, 0.15) is 53.4 Å². The molecule has 3 nitrogen and oxygen atoms in total. The molecule has 1 aliphatic carbocycles. The van der Waals surface area contributed by atoms with Gasteiger partial charge in [0, 0.05) is 17.8 Å². The summed E-state index contributed by atoms with van der Waals surface area (Å²) in [6.07, 6.45) is 4.26. The molecule has 0 spiro atoms. The molecule has 1 aliphatic rings. The Morgan fingerprint density at radius 1 is 1.39 bits per heavy atom. The molecule has 0 aliphatic heterocycles. The largest absolute Gasteiger partial charge is 0.460 e. The van der Waals surface area contributed by atoms with Crippen molar-refractivity contribution in [3.05, 3.63) is 0 Å². The molecule has 0 aromatic rings. The number of thioether (sulfide) groups is 1. The van der Waals surface area contributed by atoms with Crippen molar-refractivity contribution in [2.75, 3.05) is 12.3 Å². The van der Waals surface area contributed by atoms with E-state index in [1.165, 1.54) is 25.0 Å². The number of nitrogens with one attached hydrogen (secondary N) is 1. The minimum absolute atomic E-state index is 0.104. The molecule has 0 aromatic heterocycles. The van der Waals surface area contributed by atoms with E-state index in [-0.39, 0.29) is 11.6 Å².